The lowest BCUT2D eigenvalue weighted by atomic mass is 10.1. The lowest BCUT2D eigenvalue weighted by molar-refractivity contribution is -0.121. The fourth-order valence-corrected chi connectivity index (χ4v) is 1.93. The Hall–Kier alpha value is -0.610. The molecule has 0 saturated heterocycles. The smallest absolute Gasteiger partial charge is 0.234 e. The second-order valence-corrected chi connectivity index (χ2v) is 5.64. The first-order chi connectivity index (χ1) is 8.54. The van der Waals surface area contributed by atoms with E-state index in [0.717, 1.165) is 25.7 Å². The molecule has 1 fully saturated rings. The molecule has 18 heavy (non-hydrogen) atoms. The van der Waals surface area contributed by atoms with Crippen LogP contribution in [0.25, 0.3) is 0 Å². The Morgan fingerprint density at radius 1 is 1.33 bits per heavy atom. The van der Waals surface area contributed by atoms with Gasteiger partial charge in [0.2, 0.25) is 5.91 Å². The Morgan fingerprint density at radius 3 is 2.50 bits per heavy atom. The van der Waals surface area contributed by atoms with Gasteiger partial charge >= 0.3 is 0 Å². The van der Waals surface area contributed by atoms with Crippen LogP contribution in [0.2, 0.25) is 0 Å². The molecular formula is C14H29N3O. The van der Waals surface area contributed by atoms with E-state index in [1.165, 1.54) is 12.8 Å². The van der Waals surface area contributed by atoms with Crippen molar-refractivity contribution in [2.24, 2.45) is 5.92 Å². The summed E-state index contributed by atoms with van der Waals surface area (Å²) >= 11 is 0. The maximum absolute atomic E-state index is 11.6. The summed E-state index contributed by atoms with van der Waals surface area (Å²) in [7, 11) is 0. The third-order valence-electron chi connectivity index (χ3n) is 3.72. The largest absolute Gasteiger partial charge is 0.352 e. The van der Waals surface area contributed by atoms with Gasteiger partial charge in [0.25, 0.3) is 0 Å². The van der Waals surface area contributed by atoms with Crippen LogP contribution >= 0.6 is 0 Å². The Morgan fingerprint density at radius 2 is 2.00 bits per heavy atom. The van der Waals surface area contributed by atoms with Crippen LogP contribution in [-0.4, -0.2) is 49.1 Å². The maximum Gasteiger partial charge on any atom is 0.234 e. The van der Waals surface area contributed by atoms with Gasteiger partial charge in [0, 0.05) is 25.2 Å². The summed E-state index contributed by atoms with van der Waals surface area (Å²) in [4.78, 5) is 14.1. The molecule has 4 heteroatoms. The van der Waals surface area contributed by atoms with Crippen LogP contribution in [0, 0.1) is 5.92 Å². The van der Waals surface area contributed by atoms with Crippen LogP contribution in [0.5, 0.6) is 0 Å². The molecule has 0 aromatic heterocycles. The first-order valence-corrected chi connectivity index (χ1v) is 7.28. The highest BCUT2D eigenvalue weighted by Crippen LogP contribution is 2.25. The summed E-state index contributed by atoms with van der Waals surface area (Å²) in [6.07, 6.45) is 2.69. The van der Waals surface area contributed by atoms with E-state index in [1.807, 2.05) is 0 Å². The van der Waals surface area contributed by atoms with Crippen molar-refractivity contribution in [1.29, 1.82) is 0 Å². The van der Waals surface area contributed by atoms with Crippen LogP contribution in [0.1, 0.15) is 40.5 Å². The standard InChI is InChI=1S/C14H29N3O/c1-5-17(13-6-7-13)9-8-15-10-14(18)16-12(4)11(2)3/h11-13,15H,5-10H2,1-4H3,(H,16,18). The van der Waals surface area contributed by atoms with E-state index in [2.05, 4.69) is 43.2 Å². The van der Waals surface area contributed by atoms with Gasteiger partial charge in [-0.3, -0.25) is 9.69 Å². The normalized spacial score (nSPS) is 17.2. The summed E-state index contributed by atoms with van der Waals surface area (Å²) in [5.74, 6) is 0.588. The van der Waals surface area contributed by atoms with E-state index in [9.17, 15) is 4.79 Å². The maximum atomic E-state index is 11.6. The van der Waals surface area contributed by atoms with Gasteiger partial charge in [0.05, 0.1) is 6.54 Å². The molecule has 0 bridgehead atoms. The van der Waals surface area contributed by atoms with E-state index in [1.54, 1.807) is 0 Å². The van der Waals surface area contributed by atoms with E-state index < -0.39 is 0 Å². The first kappa shape index (κ1) is 15.4. The molecule has 4 nitrogen and oxygen atoms in total. The topological polar surface area (TPSA) is 44.4 Å². The van der Waals surface area contributed by atoms with E-state index >= 15 is 0 Å². The molecule has 0 heterocycles. The van der Waals surface area contributed by atoms with Crippen molar-refractivity contribution in [3.05, 3.63) is 0 Å². The number of carbonyl (C=O) groups is 1. The average Bonchev–Trinajstić information content (AvgIpc) is 3.13. The number of hydrogen-bond donors (Lipinski definition) is 2. The van der Waals surface area contributed by atoms with Crippen molar-refractivity contribution in [2.45, 2.75) is 52.6 Å². The number of likely N-dealkylation sites (N-methyl/N-ethyl adjacent to an activating group) is 1. The van der Waals surface area contributed by atoms with Crippen molar-refractivity contribution in [3.63, 3.8) is 0 Å². The summed E-state index contributed by atoms with van der Waals surface area (Å²) in [5.41, 5.74) is 0. The third kappa shape index (κ3) is 5.83. The van der Waals surface area contributed by atoms with E-state index in [0.29, 0.717) is 12.5 Å². The van der Waals surface area contributed by atoms with Gasteiger partial charge < -0.3 is 10.6 Å². The van der Waals surface area contributed by atoms with Crippen LogP contribution in [-0.2, 0) is 4.79 Å². The molecule has 1 rings (SSSR count). The predicted molar refractivity (Wildman–Crippen MR) is 75.6 cm³/mol. The second-order valence-electron chi connectivity index (χ2n) is 5.64. The monoisotopic (exact) mass is 255 g/mol. The highest BCUT2D eigenvalue weighted by molar-refractivity contribution is 5.78. The zero-order chi connectivity index (χ0) is 13.5. The minimum Gasteiger partial charge on any atom is -0.352 e. The molecule has 1 saturated carbocycles. The van der Waals surface area contributed by atoms with Crippen molar-refractivity contribution < 1.29 is 4.79 Å². The molecular weight excluding hydrogens is 226 g/mol. The molecule has 0 spiro atoms. The minimum atomic E-state index is 0.102. The number of nitrogens with zero attached hydrogens (tertiary/aromatic N) is 1. The molecule has 106 valence electrons. The van der Waals surface area contributed by atoms with Crippen LogP contribution < -0.4 is 10.6 Å². The third-order valence-corrected chi connectivity index (χ3v) is 3.72. The highest BCUT2D eigenvalue weighted by atomic mass is 16.1. The summed E-state index contributed by atoms with van der Waals surface area (Å²) < 4.78 is 0. The number of carbonyl (C=O) groups excluding carboxylic acids is 1. The summed E-state index contributed by atoms with van der Waals surface area (Å²) in [5, 5.41) is 6.22. The Kier molecular flexibility index (Phi) is 6.65. The van der Waals surface area contributed by atoms with Crippen LogP contribution in [0.3, 0.4) is 0 Å². The summed E-state index contributed by atoms with van der Waals surface area (Å²) in [6, 6.07) is 1.06. The number of rotatable bonds is 9. The lowest BCUT2D eigenvalue weighted by Crippen LogP contribution is -2.43. The van der Waals surface area contributed by atoms with Gasteiger partial charge in [-0.15, -0.1) is 0 Å². The molecule has 0 aromatic carbocycles. The molecule has 1 aliphatic carbocycles. The van der Waals surface area contributed by atoms with Crippen molar-refractivity contribution in [2.75, 3.05) is 26.2 Å². The SMILES string of the molecule is CCN(CCNCC(=O)NC(C)C(C)C)C1CC1. The summed E-state index contributed by atoms with van der Waals surface area (Å²) in [6.45, 7) is 12.0. The second kappa shape index (κ2) is 7.74. The van der Waals surface area contributed by atoms with Gasteiger partial charge in [0.15, 0.2) is 0 Å². The van der Waals surface area contributed by atoms with Crippen molar-refractivity contribution in [1.82, 2.24) is 15.5 Å². The lowest BCUT2D eigenvalue weighted by Gasteiger charge is -2.20. The van der Waals surface area contributed by atoms with E-state index in [4.69, 9.17) is 0 Å². The first-order valence-electron chi connectivity index (χ1n) is 7.28. The van der Waals surface area contributed by atoms with Crippen molar-refractivity contribution >= 4 is 5.91 Å². The van der Waals surface area contributed by atoms with Gasteiger partial charge in [0.1, 0.15) is 0 Å². The number of amides is 1. The molecule has 0 aromatic rings. The van der Waals surface area contributed by atoms with Crippen molar-refractivity contribution in [3.8, 4) is 0 Å². The van der Waals surface area contributed by atoms with Gasteiger partial charge in [-0.2, -0.15) is 0 Å². The minimum absolute atomic E-state index is 0.102. The van der Waals surface area contributed by atoms with E-state index in [-0.39, 0.29) is 11.9 Å². The molecule has 1 atom stereocenters. The molecule has 0 radical (unpaired) electrons. The van der Waals surface area contributed by atoms with Crippen LogP contribution in [0.15, 0.2) is 0 Å². The molecule has 0 aliphatic heterocycles. The molecule has 1 unspecified atom stereocenters. The zero-order valence-corrected chi connectivity index (χ0v) is 12.3. The predicted octanol–water partition coefficient (Wildman–Crippen LogP) is 1.22. The number of hydrogen-bond acceptors (Lipinski definition) is 3. The quantitative estimate of drug-likeness (QED) is 0.609. The number of nitrogens with one attached hydrogen (secondary N) is 2. The Bertz CT molecular complexity index is 251. The average molecular weight is 255 g/mol. The van der Waals surface area contributed by atoms with Crippen LogP contribution in [0.4, 0.5) is 0 Å². The molecule has 1 aliphatic rings. The molecule has 2 N–H and O–H groups in total. The van der Waals surface area contributed by atoms with Gasteiger partial charge in [-0.25, -0.2) is 0 Å². The Balaban J connectivity index is 2.04. The van der Waals surface area contributed by atoms with Gasteiger partial charge in [-0.1, -0.05) is 20.8 Å². The van der Waals surface area contributed by atoms with Gasteiger partial charge in [-0.05, 0) is 32.2 Å². The fourth-order valence-electron chi connectivity index (χ4n) is 1.93. The highest BCUT2D eigenvalue weighted by Gasteiger charge is 2.27. The molecule has 1 amide bonds. The Labute approximate surface area is 111 Å². The zero-order valence-electron chi connectivity index (χ0n) is 12.3. The fraction of sp³-hybridized carbons (Fsp3) is 0.929.